The number of aromatic nitrogens is 3. The van der Waals surface area contributed by atoms with E-state index in [1.807, 2.05) is 19.1 Å². The van der Waals surface area contributed by atoms with E-state index in [0.29, 0.717) is 18.5 Å². The van der Waals surface area contributed by atoms with Crippen LogP contribution in [0.5, 0.6) is 0 Å². The lowest BCUT2D eigenvalue weighted by Crippen LogP contribution is -2.05. The molecule has 0 bridgehead atoms. The van der Waals surface area contributed by atoms with Gasteiger partial charge in [0.15, 0.2) is 0 Å². The predicted octanol–water partition coefficient (Wildman–Crippen LogP) is 1.40. The maximum atomic E-state index is 5.62. The summed E-state index contributed by atoms with van der Waals surface area (Å²) in [6, 6.07) is 4.02. The number of nitrogens with one attached hydrogen (secondary N) is 1. The second-order valence-corrected chi connectivity index (χ2v) is 3.85. The average molecular weight is 233 g/mol. The Labute approximate surface area is 99.3 Å². The summed E-state index contributed by atoms with van der Waals surface area (Å²) in [6.45, 7) is 4.35. The fraction of sp³-hybridized carbons (Fsp3) is 0.364. The van der Waals surface area contributed by atoms with Crippen molar-refractivity contribution >= 4 is 6.01 Å². The minimum atomic E-state index is -0.255. The van der Waals surface area contributed by atoms with Crippen LogP contribution in [0.1, 0.15) is 30.1 Å². The molecule has 2 heterocycles. The molecule has 1 unspecified atom stereocenters. The first kappa shape index (κ1) is 11.5. The summed E-state index contributed by atoms with van der Waals surface area (Å²) < 4.78 is 5.32. The van der Waals surface area contributed by atoms with E-state index in [9.17, 15) is 0 Å². The zero-order valence-electron chi connectivity index (χ0n) is 9.84. The molecule has 3 N–H and O–H groups in total. The molecule has 17 heavy (non-hydrogen) atoms. The van der Waals surface area contributed by atoms with E-state index in [0.717, 1.165) is 11.3 Å². The highest BCUT2D eigenvalue weighted by Gasteiger charge is 2.09. The van der Waals surface area contributed by atoms with E-state index in [1.165, 1.54) is 0 Å². The van der Waals surface area contributed by atoms with Crippen molar-refractivity contribution in [3.8, 4) is 0 Å². The molecule has 0 radical (unpaired) electrons. The van der Waals surface area contributed by atoms with Gasteiger partial charge in [-0.15, -0.1) is 5.10 Å². The molecule has 2 aromatic heterocycles. The normalized spacial score (nSPS) is 12.4. The first-order valence-electron chi connectivity index (χ1n) is 5.40. The summed E-state index contributed by atoms with van der Waals surface area (Å²) in [5, 5.41) is 10.7. The third-order valence-corrected chi connectivity index (χ3v) is 2.36. The highest BCUT2D eigenvalue weighted by molar-refractivity contribution is 5.24. The lowest BCUT2D eigenvalue weighted by Gasteiger charge is -2.03. The van der Waals surface area contributed by atoms with Gasteiger partial charge in [0.05, 0.1) is 18.3 Å². The van der Waals surface area contributed by atoms with Gasteiger partial charge in [0.1, 0.15) is 0 Å². The molecule has 0 aromatic carbocycles. The van der Waals surface area contributed by atoms with Gasteiger partial charge in [-0.1, -0.05) is 11.2 Å². The summed E-state index contributed by atoms with van der Waals surface area (Å²) in [5.74, 6) is 0.422. The van der Waals surface area contributed by atoms with Crippen LogP contribution < -0.4 is 11.1 Å². The Morgan fingerprint density at radius 1 is 1.47 bits per heavy atom. The minimum Gasteiger partial charge on any atom is -0.406 e. The van der Waals surface area contributed by atoms with Crippen LogP contribution in [-0.4, -0.2) is 15.2 Å². The Hall–Kier alpha value is -1.95. The van der Waals surface area contributed by atoms with E-state index in [4.69, 9.17) is 10.2 Å². The molecule has 0 aliphatic heterocycles. The molecule has 6 heteroatoms. The molecule has 0 saturated carbocycles. The van der Waals surface area contributed by atoms with Gasteiger partial charge in [-0.05, 0) is 25.5 Å². The first-order valence-corrected chi connectivity index (χ1v) is 5.40. The topological polar surface area (TPSA) is 89.9 Å². The summed E-state index contributed by atoms with van der Waals surface area (Å²) >= 11 is 0. The van der Waals surface area contributed by atoms with E-state index in [1.54, 1.807) is 13.1 Å². The average Bonchev–Trinajstić information content (AvgIpc) is 2.77. The molecule has 2 rings (SSSR count). The van der Waals surface area contributed by atoms with Crippen LogP contribution >= 0.6 is 0 Å². The van der Waals surface area contributed by atoms with Crippen molar-refractivity contribution in [1.82, 2.24) is 15.2 Å². The maximum Gasteiger partial charge on any atom is 0.315 e. The number of hydrogen-bond acceptors (Lipinski definition) is 6. The van der Waals surface area contributed by atoms with Crippen molar-refractivity contribution in [3.63, 3.8) is 0 Å². The summed E-state index contributed by atoms with van der Waals surface area (Å²) in [7, 11) is 0. The van der Waals surface area contributed by atoms with Crippen LogP contribution in [0.3, 0.4) is 0 Å². The third-order valence-electron chi connectivity index (χ3n) is 2.36. The van der Waals surface area contributed by atoms with Gasteiger partial charge in [-0.2, -0.15) is 0 Å². The van der Waals surface area contributed by atoms with E-state index in [2.05, 4.69) is 20.5 Å². The Morgan fingerprint density at radius 3 is 2.94 bits per heavy atom. The second kappa shape index (κ2) is 4.92. The number of anilines is 1. The van der Waals surface area contributed by atoms with Crippen LogP contribution in [0.15, 0.2) is 22.7 Å². The molecular formula is C11H15N5O. The second-order valence-electron chi connectivity index (χ2n) is 3.85. The quantitative estimate of drug-likeness (QED) is 0.829. The van der Waals surface area contributed by atoms with Crippen LogP contribution in [-0.2, 0) is 6.54 Å². The SMILES string of the molecule is Cc1cccnc1CNc1nnc(C(C)N)o1. The molecule has 90 valence electrons. The number of pyridine rings is 1. The standard InChI is InChI=1S/C11H15N5O/c1-7-4-3-5-13-9(7)6-14-11-16-15-10(17-11)8(2)12/h3-5,8H,6,12H2,1-2H3,(H,14,16). The Balaban J connectivity index is 2.00. The fourth-order valence-corrected chi connectivity index (χ4v) is 1.35. The van der Waals surface area contributed by atoms with Gasteiger partial charge in [-0.25, -0.2) is 0 Å². The molecule has 0 amide bonds. The van der Waals surface area contributed by atoms with Gasteiger partial charge in [0.2, 0.25) is 5.89 Å². The van der Waals surface area contributed by atoms with Crippen LogP contribution in [0.25, 0.3) is 0 Å². The number of hydrogen-bond donors (Lipinski definition) is 2. The lowest BCUT2D eigenvalue weighted by molar-refractivity contribution is 0.472. The largest absolute Gasteiger partial charge is 0.406 e. The smallest absolute Gasteiger partial charge is 0.315 e. The molecule has 0 saturated heterocycles. The van der Waals surface area contributed by atoms with Gasteiger partial charge in [0.25, 0.3) is 0 Å². The van der Waals surface area contributed by atoms with Crippen molar-refractivity contribution in [1.29, 1.82) is 0 Å². The van der Waals surface area contributed by atoms with E-state index < -0.39 is 0 Å². The van der Waals surface area contributed by atoms with E-state index in [-0.39, 0.29) is 6.04 Å². The molecule has 0 aliphatic carbocycles. The van der Waals surface area contributed by atoms with E-state index >= 15 is 0 Å². The highest BCUT2D eigenvalue weighted by atomic mass is 16.4. The molecule has 6 nitrogen and oxygen atoms in total. The molecule has 0 aliphatic rings. The Bertz CT molecular complexity index is 494. The fourth-order valence-electron chi connectivity index (χ4n) is 1.35. The Kier molecular flexibility index (Phi) is 3.34. The molecular weight excluding hydrogens is 218 g/mol. The summed E-state index contributed by atoms with van der Waals surface area (Å²) in [6.07, 6.45) is 1.76. The van der Waals surface area contributed by atoms with Gasteiger partial charge in [0, 0.05) is 6.20 Å². The number of rotatable bonds is 4. The number of nitrogens with zero attached hydrogens (tertiary/aromatic N) is 3. The van der Waals surface area contributed by atoms with Crippen molar-refractivity contribution in [3.05, 3.63) is 35.5 Å². The summed E-state index contributed by atoms with van der Waals surface area (Å²) in [5.41, 5.74) is 7.69. The minimum absolute atomic E-state index is 0.255. The van der Waals surface area contributed by atoms with Crippen molar-refractivity contribution in [2.75, 3.05) is 5.32 Å². The monoisotopic (exact) mass is 233 g/mol. The number of nitrogens with two attached hydrogens (primary N) is 1. The lowest BCUT2D eigenvalue weighted by atomic mass is 10.2. The van der Waals surface area contributed by atoms with Gasteiger partial charge >= 0.3 is 6.01 Å². The van der Waals surface area contributed by atoms with Crippen LogP contribution in [0, 0.1) is 6.92 Å². The zero-order chi connectivity index (χ0) is 12.3. The number of aryl methyl sites for hydroxylation is 1. The van der Waals surface area contributed by atoms with Crippen LogP contribution in [0.2, 0.25) is 0 Å². The van der Waals surface area contributed by atoms with Crippen molar-refractivity contribution in [2.24, 2.45) is 5.73 Å². The third kappa shape index (κ3) is 2.79. The molecule has 2 aromatic rings. The molecule has 0 fully saturated rings. The predicted molar refractivity (Wildman–Crippen MR) is 63.2 cm³/mol. The maximum absolute atomic E-state index is 5.62. The highest BCUT2D eigenvalue weighted by Crippen LogP contribution is 2.12. The molecule has 1 atom stereocenters. The van der Waals surface area contributed by atoms with Crippen LogP contribution in [0.4, 0.5) is 6.01 Å². The Morgan fingerprint density at radius 2 is 2.29 bits per heavy atom. The first-order chi connectivity index (χ1) is 8.16. The summed E-state index contributed by atoms with van der Waals surface area (Å²) in [4.78, 5) is 4.26. The van der Waals surface area contributed by atoms with Crippen molar-refractivity contribution < 1.29 is 4.42 Å². The zero-order valence-corrected chi connectivity index (χ0v) is 9.84. The van der Waals surface area contributed by atoms with Crippen molar-refractivity contribution in [2.45, 2.75) is 26.4 Å². The van der Waals surface area contributed by atoms with Gasteiger partial charge < -0.3 is 15.5 Å². The van der Waals surface area contributed by atoms with Gasteiger partial charge in [-0.3, -0.25) is 4.98 Å². The molecule has 0 spiro atoms.